The minimum atomic E-state index is -5.68. The lowest BCUT2D eigenvalue weighted by Crippen LogP contribution is -2.19. The molecular formula is C10H5F9. The highest BCUT2D eigenvalue weighted by Crippen LogP contribution is 2.40. The molecule has 0 bridgehead atoms. The summed E-state index contributed by atoms with van der Waals surface area (Å²) in [5.41, 5.74) is -5.83. The molecule has 0 saturated carbocycles. The Morgan fingerprint density at radius 1 is 0.842 bits per heavy atom. The van der Waals surface area contributed by atoms with Crippen molar-refractivity contribution >= 4 is 0 Å². The average molecular weight is 296 g/mol. The third-order valence-electron chi connectivity index (χ3n) is 2.38. The first-order valence-electron chi connectivity index (χ1n) is 4.66. The van der Waals surface area contributed by atoms with Crippen LogP contribution in [-0.4, -0.2) is 6.43 Å². The second kappa shape index (κ2) is 4.93. The molecule has 108 valence electrons. The van der Waals surface area contributed by atoms with Gasteiger partial charge in [-0.3, -0.25) is 0 Å². The smallest absolute Gasteiger partial charge is 0.236 e. The Morgan fingerprint density at radius 2 is 1.32 bits per heavy atom. The zero-order valence-corrected chi connectivity index (χ0v) is 9.06. The Morgan fingerprint density at radius 3 is 1.68 bits per heavy atom. The van der Waals surface area contributed by atoms with Crippen LogP contribution in [0.4, 0.5) is 39.5 Å². The molecule has 0 nitrogen and oxygen atoms in total. The van der Waals surface area contributed by atoms with Crippen LogP contribution in [0.2, 0.25) is 0 Å². The molecule has 9 heteroatoms. The maximum absolute atomic E-state index is 13.4. The first-order valence-corrected chi connectivity index (χ1v) is 4.66. The zero-order valence-electron chi connectivity index (χ0n) is 9.06. The van der Waals surface area contributed by atoms with Crippen molar-refractivity contribution in [3.8, 4) is 0 Å². The van der Waals surface area contributed by atoms with E-state index in [0.29, 0.717) is 6.92 Å². The average Bonchev–Trinajstić information content (AvgIpc) is 2.24. The molecule has 1 aromatic rings. The predicted octanol–water partition coefficient (Wildman–Crippen LogP) is 4.71. The molecule has 0 fully saturated rings. The number of halogens is 9. The molecule has 0 aromatic heterocycles. The quantitative estimate of drug-likeness (QED) is 0.548. The van der Waals surface area contributed by atoms with Gasteiger partial charge in [-0.1, -0.05) is 0 Å². The second-order valence-corrected chi connectivity index (χ2v) is 3.59. The molecule has 1 unspecified atom stereocenters. The van der Waals surface area contributed by atoms with Crippen molar-refractivity contribution in [1.82, 2.24) is 0 Å². The van der Waals surface area contributed by atoms with E-state index in [-0.39, 0.29) is 0 Å². The normalized spacial score (nSPS) is 14.1. The molecule has 0 aliphatic carbocycles. The molecule has 0 aliphatic rings. The number of alkyl halides is 6. The molecule has 0 spiro atoms. The highest BCUT2D eigenvalue weighted by atomic mass is 19.4. The van der Waals surface area contributed by atoms with Gasteiger partial charge in [0.1, 0.15) is 11.4 Å². The highest BCUT2D eigenvalue weighted by Gasteiger charge is 2.43. The van der Waals surface area contributed by atoms with Crippen LogP contribution in [0.5, 0.6) is 0 Å². The largest absolute Gasteiger partial charge is 0.422 e. The number of hydrogen-bond donors (Lipinski definition) is 0. The first kappa shape index (κ1) is 15.6. The Balaban J connectivity index is 3.72. The van der Waals surface area contributed by atoms with Crippen molar-refractivity contribution in [3.05, 3.63) is 34.1 Å². The van der Waals surface area contributed by atoms with E-state index in [0.717, 1.165) is 0 Å². The second-order valence-electron chi connectivity index (χ2n) is 3.59. The van der Waals surface area contributed by atoms with Crippen LogP contribution >= 0.6 is 0 Å². The van der Waals surface area contributed by atoms with Crippen molar-refractivity contribution < 1.29 is 39.5 Å². The summed E-state index contributed by atoms with van der Waals surface area (Å²) < 4.78 is 114. The van der Waals surface area contributed by atoms with E-state index >= 15 is 0 Å². The van der Waals surface area contributed by atoms with Gasteiger partial charge in [-0.05, 0) is 12.5 Å². The molecule has 0 heterocycles. The predicted molar refractivity (Wildman–Crippen MR) is 45.9 cm³/mol. The fourth-order valence-electron chi connectivity index (χ4n) is 1.49. The van der Waals surface area contributed by atoms with Gasteiger partial charge < -0.3 is 0 Å². The maximum atomic E-state index is 13.4. The summed E-state index contributed by atoms with van der Waals surface area (Å²) in [5, 5.41) is 0. The monoisotopic (exact) mass is 296 g/mol. The van der Waals surface area contributed by atoms with Crippen molar-refractivity contribution in [2.75, 3.05) is 0 Å². The fourth-order valence-corrected chi connectivity index (χ4v) is 1.49. The minimum Gasteiger partial charge on any atom is -0.236 e. The van der Waals surface area contributed by atoms with Crippen LogP contribution in [0.25, 0.3) is 0 Å². The summed E-state index contributed by atoms with van der Waals surface area (Å²) in [6.45, 7) is 0.506. The summed E-state index contributed by atoms with van der Waals surface area (Å²) in [5.74, 6) is -7.38. The molecular weight excluding hydrogens is 291 g/mol. The van der Waals surface area contributed by atoms with Gasteiger partial charge in [0.05, 0.1) is 0 Å². The first-order chi connectivity index (χ1) is 8.50. The van der Waals surface area contributed by atoms with Gasteiger partial charge in [0.2, 0.25) is 0 Å². The topological polar surface area (TPSA) is 0 Å². The van der Waals surface area contributed by atoms with Crippen molar-refractivity contribution in [2.45, 2.75) is 25.7 Å². The Hall–Kier alpha value is -1.41. The lowest BCUT2D eigenvalue weighted by molar-refractivity contribution is -0.143. The summed E-state index contributed by atoms with van der Waals surface area (Å²) >= 11 is 0. The zero-order chi connectivity index (χ0) is 15.1. The van der Waals surface area contributed by atoms with Crippen molar-refractivity contribution in [3.63, 3.8) is 0 Å². The van der Waals surface area contributed by atoms with Crippen LogP contribution in [-0.2, 0) is 6.18 Å². The third kappa shape index (κ3) is 2.64. The molecule has 0 aliphatic heterocycles. The summed E-state index contributed by atoms with van der Waals surface area (Å²) in [4.78, 5) is 0. The molecule has 1 aromatic carbocycles. The van der Waals surface area contributed by atoms with Crippen LogP contribution in [0, 0.1) is 24.4 Å². The molecule has 0 radical (unpaired) electrons. The third-order valence-corrected chi connectivity index (χ3v) is 2.38. The van der Waals surface area contributed by atoms with E-state index in [9.17, 15) is 39.5 Å². The standard InChI is InChI=1S/C10H5F9/c1-2-3(7(13)9(15)16)6(12)4(10(17,18)19)8(14)5(2)11/h7,9H,1H3. The Bertz CT molecular complexity index is 489. The number of hydrogen-bond acceptors (Lipinski definition) is 0. The summed E-state index contributed by atoms with van der Waals surface area (Å²) in [6, 6.07) is 0. The van der Waals surface area contributed by atoms with Gasteiger partial charge in [-0.2, -0.15) is 13.2 Å². The minimum absolute atomic E-state index is 0.506. The number of rotatable bonds is 2. The molecule has 0 saturated heterocycles. The van der Waals surface area contributed by atoms with Crippen molar-refractivity contribution in [1.29, 1.82) is 0 Å². The van der Waals surface area contributed by atoms with Gasteiger partial charge in [-0.15, -0.1) is 0 Å². The van der Waals surface area contributed by atoms with E-state index in [1.807, 2.05) is 0 Å². The molecule has 1 rings (SSSR count). The van der Waals surface area contributed by atoms with Gasteiger partial charge >= 0.3 is 6.18 Å². The van der Waals surface area contributed by atoms with Gasteiger partial charge in [0.15, 0.2) is 17.8 Å². The molecule has 1 atom stereocenters. The van der Waals surface area contributed by atoms with Crippen LogP contribution in [0.3, 0.4) is 0 Å². The highest BCUT2D eigenvalue weighted by molar-refractivity contribution is 5.39. The number of benzene rings is 1. The summed E-state index contributed by atoms with van der Waals surface area (Å²) in [7, 11) is 0. The van der Waals surface area contributed by atoms with E-state index < -0.39 is 52.9 Å². The maximum Gasteiger partial charge on any atom is 0.422 e. The fraction of sp³-hybridized carbons (Fsp3) is 0.400. The SMILES string of the molecule is Cc1c(F)c(F)c(C(F)(F)F)c(F)c1C(F)C(F)F. The van der Waals surface area contributed by atoms with Crippen molar-refractivity contribution in [2.24, 2.45) is 0 Å². The van der Waals surface area contributed by atoms with Crippen LogP contribution in [0.15, 0.2) is 0 Å². The van der Waals surface area contributed by atoms with Crippen LogP contribution < -0.4 is 0 Å². The van der Waals surface area contributed by atoms with E-state index in [4.69, 9.17) is 0 Å². The lowest BCUT2D eigenvalue weighted by atomic mass is 9.98. The summed E-state index contributed by atoms with van der Waals surface area (Å²) in [6.07, 6.45) is -13.0. The van der Waals surface area contributed by atoms with Gasteiger partial charge in [-0.25, -0.2) is 26.3 Å². The van der Waals surface area contributed by atoms with Crippen LogP contribution in [0.1, 0.15) is 22.9 Å². The van der Waals surface area contributed by atoms with E-state index in [1.165, 1.54) is 0 Å². The molecule has 19 heavy (non-hydrogen) atoms. The molecule has 0 N–H and O–H groups in total. The van der Waals surface area contributed by atoms with Gasteiger partial charge in [0, 0.05) is 5.56 Å². The Kier molecular flexibility index (Phi) is 4.06. The van der Waals surface area contributed by atoms with Gasteiger partial charge in [0.25, 0.3) is 6.43 Å². The van der Waals surface area contributed by atoms with E-state index in [1.54, 1.807) is 0 Å². The Labute approximate surface area is 100 Å². The van der Waals surface area contributed by atoms with E-state index in [2.05, 4.69) is 0 Å². The lowest BCUT2D eigenvalue weighted by Gasteiger charge is -2.18. The molecule has 0 amide bonds.